The minimum atomic E-state index is -3.42. The van der Waals surface area contributed by atoms with E-state index in [-0.39, 0.29) is 12.6 Å². The molecule has 5 heteroatoms. The molecule has 1 aromatic carbocycles. The van der Waals surface area contributed by atoms with Crippen LogP contribution in [0.15, 0.2) is 29.2 Å². The number of nitrogens with one attached hydrogen (secondary N) is 1. The predicted octanol–water partition coefficient (Wildman–Crippen LogP) is 1.22. The van der Waals surface area contributed by atoms with Crippen molar-refractivity contribution in [3.63, 3.8) is 0 Å². The highest BCUT2D eigenvalue weighted by atomic mass is 32.2. The van der Waals surface area contributed by atoms with E-state index in [1.54, 1.807) is 24.3 Å². The Hall–Kier alpha value is -0.910. The van der Waals surface area contributed by atoms with Gasteiger partial charge in [0.15, 0.2) is 0 Å². The van der Waals surface area contributed by atoms with Gasteiger partial charge < -0.3 is 5.73 Å². The number of benzene rings is 1. The molecule has 2 rings (SSSR count). The fraction of sp³-hybridized carbons (Fsp3) is 0.500. The lowest BCUT2D eigenvalue weighted by Crippen LogP contribution is -2.43. The summed E-state index contributed by atoms with van der Waals surface area (Å²) in [7, 11) is -3.42. The lowest BCUT2D eigenvalue weighted by atomic mass is 9.83. The normalized spacial score (nSPS) is 24.4. The van der Waals surface area contributed by atoms with Crippen molar-refractivity contribution in [3.05, 3.63) is 29.8 Å². The maximum absolute atomic E-state index is 12.2. The Balaban J connectivity index is 2.19. The van der Waals surface area contributed by atoms with Crippen molar-refractivity contribution in [2.24, 2.45) is 11.7 Å². The van der Waals surface area contributed by atoms with Crippen molar-refractivity contribution in [1.29, 1.82) is 0 Å². The van der Waals surface area contributed by atoms with Gasteiger partial charge in [-0.2, -0.15) is 0 Å². The van der Waals surface area contributed by atoms with Crippen LogP contribution < -0.4 is 10.5 Å². The molecule has 0 aromatic heterocycles. The molecule has 4 nitrogen and oxygen atoms in total. The van der Waals surface area contributed by atoms with Crippen molar-refractivity contribution >= 4 is 10.0 Å². The van der Waals surface area contributed by atoms with Gasteiger partial charge in [-0.25, -0.2) is 13.1 Å². The Bertz CT molecular complexity index is 493. The first-order chi connectivity index (χ1) is 8.03. The molecule has 0 spiro atoms. The lowest BCUT2D eigenvalue weighted by molar-refractivity contribution is 0.270. The maximum atomic E-state index is 12.2. The number of hydrogen-bond donors (Lipinski definition) is 2. The van der Waals surface area contributed by atoms with Crippen LogP contribution in [0.4, 0.5) is 0 Å². The number of sulfonamides is 1. The van der Waals surface area contributed by atoms with Crippen LogP contribution in [0.5, 0.6) is 0 Å². The van der Waals surface area contributed by atoms with Crippen LogP contribution in [0.1, 0.15) is 25.3 Å². The zero-order valence-electron chi connectivity index (χ0n) is 9.89. The Morgan fingerprint density at radius 3 is 2.59 bits per heavy atom. The first-order valence-electron chi connectivity index (χ1n) is 5.83. The second kappa shape index (κ2) is 4.76. The first-order valence-corrected chi connectivity index (χ1v) is 7.31. The second-order valence-corrected chi connectivity index (χ2v) is 6.39. The quantitative estimate of drug-likeness (QED) is 0.848. The van der Waals surface area contributed by atoms with Crippen molar-refractivity contribution in [2.45, 2.75) is 37.2 Å². The third-order valence-corrected chi connectivity index (χ3v) is 4.80. The molecule has 0 aliphatic heterocycles. The molecular weight excluding hydrogens is 236 g/mol. The molecule has 0 radical (unpaired) electrons. The van der Waals surface area contributed by atoms with Crippen LogP contribution in [0.25, 0.3) is 0 Å². The molecule has 0 bridgehead atoms. The summed E-state index contributed by atoms with van der Waals surface area (Å²) in [5.74, 6) is 0.618. The largest absolute Gasteiger partial charge is 0.326 e. The van der Waals surface area contributed by atoms with Gasteiger partial charge in [0.05, 0.1) is 4.90 Å². The third-order valence-electron chi connectivity index (χ3n) is 3.18. The van der Waals surface area contributed by atoms with Crippen LogP contribution in [0, 0.1) is 5.92 Å². The van der Waals surface area contributed by atoms with Gasteiger partial charge in [-0.15, -0.1) is 0 Å². The highest BCUT2D eigenvalue weighted by Crippen LogP contribution is 2.28. The second-order valence-electron chi connectivity index (χ2n) is 4.71. The fourth-order valence-corrected chi connectivity index (χ4v) is 3.73. The van der Waals surface area contributed by atoms with Crippen molar-refractivity contribution in [2.75, 3.05) is 0 Å². The average Bonchev–Trinajstić information content (AvgIpc) is 2.26. The molecule has 1 saturated carbocycles. The highest BCUT2D eigenvalue weighted by Gasteiger charge is 2.30. The Kier molecular flexibility index (Phi) is 3.51. The summed E-state index contributed by atoms with van der Waals surface area (Å²) in [6.45, 7) is 2.36. The molecule has 0 heterocycles. The number of hydrogen-bond acceptors (Lipinski definition) is 3. The molecule has 1 aromatic rings. The molecular formula is C12H18N2O2S. The summed E-state index contributed by atoms with van der Waals surface area (Å²) >= 11 is 0. The van der Waals surface area contributed by atoms with Crippen LogP contribution in [-0.4, -0.2) is 14.5 Å². The molecule has 94 valence electrons. The van der Waals surface area contributed by atoms with E-state index in [0.717, 1.165) is 12.8 Å². The van der Waals surface area contributed by atoms with Crippen molar-refractivity contribution in [3.8, 4) is 0 Å². The number of nitrogens with two attached hydrogens (primary N) is 1. The Morgan fingerprint density at radius 2 is 2.00 bits per heavy atom. The third kappa shape index (κ3) is 2.68. The molecule has 1 aliphatic carbocycles. The summed E-state index contributed by atoms with van der Waals surface area (Å²) in [5, 5.41) is 0. The standard InChI is InChI=1S/C12H18N2O2S/c1-9-6-11(7-9)14-17(15,16)12-5-3-2-4-10(12)8-13/h2-5,9,11,14H,6-8,13H2,1H3. The van der Waals surface area contributed by atoms with E-state index in [2.05, 4.69) is 11.6 Å². The van der Waals surface area contributed by atoms with E-state index in [1.165, 1.54) is 0 Å². The van der Waals surface area contributed by atoms with Crippen LogP contribution in [0.2, 0.25) is 0 Å². The molecule has 1 fully saturated rings. The molecule has 0 amide bonds. The Morgan fingerprint density at radius 1 is 1.35 bits per heavy atom. The monoisotopic (exact) mass is 254 g/mol. The summed E-state index contributed by atoms with van der Waals surface area (Å²) in [6, 6.07) is 6.95. The van der Waals surface area contributed by atoms with Gasteiger partial charge in [0.25, 0.3) is 0 Å². The topological polar surface area (TPSA) is 72.2 Å². The average molecular weight is 254 g/mol. The zero-order chi connectivity index (χ0) is 12.5. The van der Waals surface area contributed by atoms with E-state index >= 15 is 0 Å². The van der Waals surface area contributed by atoms with Gasteiger partial charge in [0, 0.05) is 12.6 Å². The number of rotatable bonds is 4. The molecule has 3 N–H and O–H groups in total. The van der Waals surface area contributed by atoms with Crippen LogP contribution >= 0.6 is 0 Å². The fourth-order valence-electron chi connectivity index (χ4n) is 2.22. The Labute approximate surface area is 102 Å². The minimum absolute atomic E-state index is 0.0841. The summed E-state index contributed by atoms with van der Waals surface area (Å²) in [5.41, 5.74) is 6.21. The van der Waals surface area contributed by atoms with Gasteiger partial charge in [0.1, 0.15) is 0 Å². The maximum Gasteiger partial charge on any atom is 0.241 e. The van der Waals surface area contributed by atoms with Crippen LogP contribution in [-0.2, 0) is 16.6 Å². The van der Waals surface area contributed by atoms with E-state index < -0.39 is 10.0 Å². The summed E-state index contributed by atoms with van der Waals surface area (Å²) in [6.07, 6.45) is 1.84. The minimum Gasteiger partial charge on any atom is -0.326 e. The van der Waals surface area contributed by atoms with Gasteiger partial charge in [0.2, 0.25) is 10.0 Å². The van der Waals surface area contributed by atoms with Gasteiger partial charge in [-0.05, 0) is 30.4 Å². The highest BCUT2D eigenvalue weighted by molar-refractivity contribution is 7.89. The van der Waals surface area contributed by atoms with E-state index in [4.69, 9.17) is 5.73 Å². The van der Waals surface area contributed by atoms with E-state index in [1.807, 2.05) is 0 Å². The smallest absolute Gasteiger partial charge is 0.241 e. The van der Waals surface area contributed by atoms with Crippen molar-refractivity contribution in [1.82, 2.24) is 4.72 Å². The molecule has 17 heavy (non-hydrogen) atoms. The van der Waals surface area contributed by atoms with Gasteiger partial charge >= 0.3 is 0 Å². The van der Waals surface area contributed by atoms with Gasteiger partial charge in [-0.1, -0.05) is 25.1 Å². The molecule has 1 aliphatic rings. The van der Waals surface area contributed by atoms with E-state index in [0.29, 0.717) is 16.4 Å². The molecule has 0 saturated heterocycles. The van der Waals surface area contributed by atoms with Crippen molar-refractivity contribution < 1.29 is 8.42 Å². The SMILES string of the molecule is CC1CC(NS(=O)(=O)c2ccccc2CN)C1. The summed E-state index contributed by atoms with van der Waals surface area (Å²) in [4.78, 5) is 0.307. The van der Waals surface area contributed by atoms with E-state index in [9.17, 15) is 8.42 Å². The molecule has 0 atom stereocenters. The van der Waals surface area contributed by atoms with Gasteiger partial charge in [-0.3, -0.25) is 0 Å². The zero-order valence-corrected chi connectivity index (χ0v) is 10.7. The summed E-state index contributed by atoms with van der Waals surface area (Å²) < 4.78 is 27.0. The lowest BCUT2D eigenvalue weighted by Gasteiger charge is -2.33. The molecule has 0 unspecified atom stereocenters. The first kappa shape index (κ1) is 12.5. The predicted molar refractivity (Wildman–Crippen MR) is 66.8 cm³/mol. The van der Waals surface area contributed by atoms with Crippen LogP contribution in [0.3, 0.4) is 0 Å².